The predicted octanol–water partition coefficient (Wildman–Crippen LogP) is 2.96. The molecule has 3 fully saturated rings. The molecule has 0 aromatic heterocycles. The molecule has 0 amide bonds. The first-order valence-corrected chi connectivity index (χ1v) is 10.8. The third kappa shape index (κ3) is 2.82. The molecular weight excluding hydrogens is 372 g/mol. The van der Waals surface area contributed by atoms with Crippen molar-refractivity contribution in [2.45, 2.75) is 84.0 Å². The third-order valence-corrected chi connectivity index (χ3v) is 8.79. The maximum Gasteiger partial charge on any atom is 0.302 e. The van der Waals surface area contributed by atoms with E-state index in [9.17, 15) is 19.5 Å². The summed E-state index contributed by atoms with van der Waals surface area (Å²) < 4.78 is 11.2. The van der Waals surface area contributed by atoms with Gasteiger partial charge in [0.15, 0.2) is 5.78 Å². The van der Waals surface area contributed by atoms with Crippen molar-refractivity contribution in [1.29, 1.82) is 0 Å². The van der Waals surface area contributed by atoms with Crippen LogP contribution in [-0.2, 0) is 23.9 Å². The Morgan fingerprint density at radius 1 is 1.03 bits per heavy atom. The number of hydrogen-bond acceptors (Lipinski definition) is 6. The molecule has 6 heteroatoms. The highest BCUT2D eigenvalue weighted by molar-refractivity contribution is 6.00. The SMILES string of the molecule is CC(=O)O[C@H]1CC[C@@]2(C)[C@@H](CC[C@@H]3[C@@H]2C[C@@H](OC(C)=O)[C@]2(C)C(=O)C=C[C@@]32O)C1. The first kappa shape index (κ1) is 20.6. The lowest BCUT2D eigenvalue weighted by Crippen LogP contribution is -2.67. The topological polar surface area (TPSA) is 89.9 Å². The van der Waals surface area contributed by atoms with Crippen LogP contribution >= 0.6 is 0 Å². The van der Waals surface area contributed by atoms with Gasteiger partial charge < -0.3 is 14.6 Å². The highest BCUT2D eigenvalue weighted by atomic mass is 16.5. The molecule has 29 heavy (non-hydrogen) atoms. The Hall–Kier alpha value is -1.69. The lowest BCUT2D eigenvalue weighted by Gasteiger charge is -2.63. The van der Waals surface area contributed by atoms with Gasteiger partial charge in [-0.15, -0.1) is 0 Å². The minimum atomic E-state index is -1.30. The summed E-state index contributed by atoms with van der Waals surface area (Å²) in [6, 6.07) is 0. The first-order chi connectivity index (χ1) is 13.5. The zero-order valence-electron chi connectivity index (χ0n) is 17.8. The summed E-state index contributed by atoms with van der Waals surface area (Å²) in [4.78, 5) is 36.1. The van der Waals surface area contributed by atoms with Gasteiger partial charge >= 0.3 is 11.9 Å². The van der Waals surface area contributed by atoms with Crippen LogP contribution in [0.25, 0.3) is 0 Å². The number of allylic oxidation sites excluding steroid dienone is 1. The number of ether oxygens (including phenoxy) is 2. The van der Waals surface area contributed by atoms with Crippen molar-refractivity contribution in [2.75, 3.05) is 0 Å². The van der Waals surface area contributed by atoms with Crippen LogP contribution in [0.2, 0.25) is 0 Å². The minimum absolute atomic E-state index is 0.0451. The van der Waals surface area contributed by atoms with Gasteiger partial charge in [0, 0.05) is 13.8 Å². The molecule has 0 aromatic rings. The highest BCUT2D eigenvalue weighted by Crippen LogP contribution is 2.66. The number of aliphatic hydroxyl groups is 1. The van der Waals surface area contributed by atoms with Gasteiger partial charge in [-0.3, -0.25) is 14.4 Å². The smallest absolute Gasteiger partial charge is 0.302 e. The molecule has 6 nitrogen and oxygen atoms in total. The molecule has 3 saturated carbocycles. The van der Waals surface area contributed by atoms with Gasteiger partial charge in [0.25, 0.3) is 0 Å². The quantitative estimate of drug-likeness (QED) is 0.712. The molecule has 0 radical (unpaired) electrons. The molecule has 0 saturated heterocycles. The van der Waals surface area contributed by atoms with E-state index in [1.807, 2.05) is 0 Å². The molecule has 0 unspecified atom stereocenters. The van der Waals surface area contributed by atoms with Crippen molar-refractivity contribution < 1.29 is 29.0 Å². The second kappa shape index (κ2) is 6.66. The number of rotatable bonds is 2. The fourth-order valence-corrected chi connectivity index (χ4v) is 7.16. The Bertz CT molecular complexity index is 773. The molecular formula is C23H32O6. The fraction of sp³-hybridized carbons (Fsp3) is 0.783. The van der Waals surface area contributed by atoms with Gasteiger partial charge in [0.2, 0.25) is 0 Å². The maximum absolute atomic E-state index is 12.8. The monoisotopic (exact) mass is 404 g/mol. The molecule has 0 aliphatic heterocycles. The second-order valence-corrected chi connectivity index (χ2v) is 10.1. The minimum Gasteiger partial charge on any atom is -0.463 e. The number of fused-ring (bicyclic) bond motifs is 5. The summed E-state index contributed by atoms with van der Waals surface area (Å²) in [6.07, 6.45) is 7.33. The average Bonchev–Trinajstić information content (AvgIpc) is 2.87. The average molecular weight is 405 g/mol. The van der Waals surface area contributed by atoms with Crippen LogP contribution in [-0.4, -0.2) is 40.6 Å². The molecule has 160 valence electrons. The fourth-order valence-electron chi connectivity index (χ4n) is 7.16. The van der Waals surface area contributed by atoms with Gasteiger partial charge in [0.1, 0.15) is 17.8 Å². The van der Waals surface area contributed by atoms with Crippen LogP contribution in [0.1, 0.15) is 66.2 Å². The summed E-state index contributed by atoms with van der Waals surface area (Å²) in [7, 11) is 0. The molecule has 0 spiro atoms. The van der Waals surface area contributed by atoms with Crippen molar-refractivity contribution >= 4 is 17.7 Å². The normalized spacial score (nSPS) is 48.3. The van der Waals surface area contributed by atoms with Crippen molar-refractivity contribution in [3.63, 3.8) is 0 Å². The molecule has 4 rings (SSSR count). The van der Waals surface area contributed by atoms with Crippen LogP contribution in [0.3, 0.4) is 0 Å². The standard InChI is InChI=1S/C23H32O6/c1-13(24)28-16-7-9-21(3)15(11-16)5-6-17-18(21)12-20(29-14(2)25)22(4)19(26)8-10-23(17,22)27/h8,10,15-18,20,27H,5-7,9,11-12H2,1-4H3/t15-,16-,17+,18-,20+,21-,22-,23+/m0/s1. The largest absolute Gasteiger partial charge is 0.463 e. The summed E-state index contributed by atoms with van der Waals surface area (Å²) >= 11 is 0. The lowest BCUT2D eigenvalue weighted by atomic mass is 9.43. The molecule has 0 aromatic carbocycles. The number of hydrogen-bond donors (Lipinski definition) is 1. The molecule has 1 N–H and O–H groups in total. The van der Waals surface area contributed by atoms with Crippen LogP contribution in [0.5, 0.6) is 0 Å². The summed E-state index contributed by atoms with van der Waals surface area (Å²) in [6.45, 7) is 6.84. The Morgan fingerprint density at radius 3 is 2.38 bits per heavy atom. The second-order valence-electron chi connectivity index (χ2n) is 10.1. The van der Waals surface area contributed by atoms with Gasteiger partial charge in [-0.25, -0.2) is 0 Å². The summed E-state index contributed by atoms with van der Waals surface area (Å²) in [5.74, 6) is -0.345. The van der Waals surface area contributed by atoms with E-state index in [4.69, 9.17) is 9.47 Å². The van der Waals surface area contributed by atoms with E-state index in [0.717, 1.165) is 32.1 Å². The zero-order valence-corrected chi connectivity index (χ0v) is 17.8. The molecule has 4 aliphatic carbocycles. The summed E-state index contributed by atoms with van der Waals surface area (Å²) in [5, 5.41) is 11.8. The number of carbonyl (C=O) groups is 3. The maximum atomic E-state index is 12.8. The van der Waals surface area contributed by atoms with E-state index >= 15 is 0 Å². The van der Waals surface area contributed by atoms with E-state index < -0.39 is 23.1 Å². The van der Waals surface area contributed by atoms with Gasteiger partial charge in [-0.1, -0.05) is 6.92 Å². The van der Waals surface area contributed by atoms with E-state index in [2.05, 4.69) is 6.92 Å². The Labute approximate surface area is 172 Å². The van der Waals surface area contributed by atoms with Gasteiger partial charge in [-0.05, 0) is 80.8 Å². The molecule has 4 aliphatic rings. The third-order valence-electron chi connectivity index (χ3n) is 8.79. The number of esters is 2. The summed E-state index contributed by atoms with van der Waals surface area (Å²) in [5.41, 5.74) is -2.47. The predicted molar refractivity (Wildman–Crippen MR) is 105 cm³/mol. The molecule has 0 bridgehead atoms. The number of ketones is 1. The lowest BCUT2D eigenvalue weighted by molar-refractivity contribution is -0.228. The Balaban J connectivity index is 1.68. The van der Waals surface area contributed by atoms with Crippen LogP contribution in [0.15, 0.2) is 12.2 Å². The Kier molecular flexibility index (Phi) is 4.72. The highest BCUT2D eigenvalue weighted by Gasteiger charge is 2.70. The van der Waals surface area contributed by atoms with Crippen LogP contribution < -0.4 is 0 Å². The molecule has 8 atom stereocenters. The van der Waals surface area contributed by atoms with E-state index in [0.29, 0.717) is 12.3 Å². The van der Waals surface area contributed by atoms with E-state index in [-0.39, 0.29) is 35.1 Å². The van der Waals surface area contributed by atoms with Gasteiger partial charge in [-0.2, -0.15) is 0 Å². The van der Waals surface area contributed by atoms with Crippen LogP contribution in [0.4, 0.5) is 0 Å². The zero-order chi connectivity index (χ0) is 21.2. The number of carbonyl (C=O) groups excluding carboxylic acids is 3. The van der Waals surface area contributed by atoms with Crippen molar-refractivity contribution in [3.8, 4) is 0 Å². The first-order valence-electron chi connectivity index (χ1n) is 10.8. The van der Waals surface area contributed by atoms with Crippen molar-refractivity contribution in [2.24, 2.45) is 28.6 Å². The Morgan fingerprint density at radius 2 is 1.72 bits per heavy atom. The van der Waals surface area contributed by atoms with Crippen LogP contribution in [0, 0.1) is 28.6 Å². The van der Waals surface area contributed by atoms with Gasteiger partial charge in [0.05, 0.1) is 5.41 Å². The van der Waals surface area contributed by atoms with E-state index in [1.54, 1.807) is 13.0 Å². The van der Waals surface area contributed by atoms with E-state index in [1.165, 1.54) is 19.9 Å². The molecule has 0 heterocycles. The van der Waals surface area contributed by atoms with Crippen molar-refractivity contribution in [3.05, 3.63) is 12.2 Å². The van der Waals surface area contributed by atoms with Crippen molar-refractivity contribution in [1.82, 2.24) is 0 Å².